The van der Waals surface area contributed by atoms with E-state index in [-0.39, 0.29) is 18.1 Å². The number of hydrogen-bond donors (Lipinski definition) is 2. The van der Waals surface area contributed by atoms with Crippen LogP contribution in [-0.4, -0.2) is 39.6 Å². The molecule has 0 fully saturated rings. The zero-order chi connectivity index (χ0) is 13.4. The molecule has 1 aromatic heterocycles. The van der Waals surface area contributed by atoms with Gasteiger partial charge in [-0.05, 0) is 12.1 Å². The maximum atomic E-state index is 11.6. The molecule has 1 heterocycles. The number of hydrogen-bond acceptors (Lipinski definition) is 3. The first-order chi connectivity index (χ1) is 8.65. The molecule has 18 heavy (non-hydrogen) atoms. The van der Waals surface area contributed by atoms with E-state index in [0.717, 1.165) is 11.5 Å². The van der Waals surface area contributed by atoms with E-state index in [4.69, 9.17) is 5.11 Å². The molecule has 1 aromatic rings. The molecule has 1 amide bonds. The second-order valence-electron chi connectivity index (χ2n) is 3.54. The maximum absolute atomic E-state index is 11.6. The second kappa shape index (κ2) is 7.60. The van der Waals surface area contributed by atoms with Gasteiger partial charge >= 0.3 is 5.97 Å². The average Bonchev–Trinajstić information content (AvgIpc) is 2.77. The lowest BCUT2D eigenvalue weighted by Crippen LogP contribution is -2.30. The fourth-order valence-electron chi connectivity index (χ4n) is 1.39. The summed E-state index contributed by atoms with van der Waals surface area (Å²) in [5, 5.41) is 11.6. The van der Waals surface area contributed by atoms with Crippen molar-refractivity contribution in [3.63, 3.8) is 0 Å². The Labute approximate surface area is 110 Å². The molecule has 6 heteroatoms. The predicted molar refractivity (Wildman–Crippen MR) is 71.9 cm³/mol. The van der Waals surface area contributed by atoms with Gasteiger partial charge < -0.3 is 15.0 Å². The third-order valence-corrected chi connectivity index (χ3v) is 3.13. The average molecular weight is 268 g/mol. The Morgan fingerprint density at radius 2 is 2.33 bits per heavy atom. The van der Waals surface area contributed by atoms with Gasteiger partial charge in [-0.1, -0.05) is 6.08 Å². The number of carbonyl (C=O) groups is 2. The number of nitrogens with one attached hydrogen (secondary N) is 1. The lowest BCUT2D eigenvalue weighted by atomic mass is 10.4. The molecule has 98 valence electrons. The van der Waals surface area contributed by atoms with E-state index < -0.39 is 5.97 Å². The third kappa shape index (κ3) is 4.67. The normalized spacial score (nSPS) is 10.0. The first kappa shape index (κ1) is 14.4. The van der Waals surface area contributed by atoms with Crippen LogP contribution < -0.4 is 5.32 Å². The summed E-state index contributed by atoms with van der Waals surface area (Å²) in [6.45, 7) is 4.20. The van der Waals surface area contributed by atoms with E-state index in [0.29, 0.717) is 6.54 Å². The Bertz CT molecular complexity index is 429. The fourth-order valence-corrected chi connectivity index (χ4v) is 1.97. The van der Waals surface area contributed by atoms with Crippen molar-refractivity contribution >= 4 is 23.6 Å². The van der Waals surface area contributed by atoms with Gasteiger partial charge in [0.05, 0.1) is 0 Å². The van der Waals surface area contributed by atoms with E-state index in [2.05, 4.69) is 11.9 Å². The van der Waals surface area contributed by atoms with Crippen molar-refractivity contribution in [3.05, 3.63) is 36.7 Å². The van der Waals surface area contributed by atoms with Crippen LogP contribution in [0.15, 0.2) is 31.0 Å². The van der Waals surface area contributed by atoms with Crippen molar-refractivity contribution in [2.45, 2.75) is 6.54 Å². The van der Waals surface area contributed by atoms with Crippen LogP contribution in [0.25, 0.3) is 0 Å². The molecule has 1 rings (SSSR count). The van der Waals surface area contributed by atoms with Crippen LogP contribution in [0, 0.1) is 0 Å². The lowest BCUT2D eigenvalue weighted by molar-refractivity contribution is -0.121. The number of rotatable bonds is 8. The Morgan fingerprint density at radius 3 is 3.00 bits per heavy atom. The minimum atomic E-state index is -1.03. The quantitative estimate of drug-likeness (QED) is 0.549. The van der Waals surface area contributed by atoms with Crippen LogP contribution >= 0.6 is 11.8 Å². The predicted octanol–water partition coefficient (Wildman–Crippen LogP) is 1.22. The molecule has 0 spiro atoms. The van der Waals surface area contributed by atoms with E-state index in [9.17, 15) is 9.59 Å². The molecule has 0 aliphatic carbocycles. The molecule has 0 radical (unpaired) electrons. The summed E-state index contributed by atoms with van der Waals surface area (Å²) in [5.41, 5.74) is 0.117. The van der Waals surface area contributed by atoms with Crippen molar-refractivity contribution in [3.8, 4) is 0 Å². The van der Waals surface area contributed by atoms with Crippen molar-refractivity contribution in [2.24, 2.45) is 0 Å². The topological polar surface area (TPSA) is 71.3 Å². The number of aromatic nitrogens is 1. The molecule has 0 saturated heterocycles. The number of aromatic carboxylic acids is 1. The Kier molecular flexibility index (Phi) is 6.07. The number of amides is 1. The van der Waals surface area contributed by atoms with E-state index >= 15 is 0 Å². The molecule has 0 aliphatic heterocycles. The molecule has 5 nitrogen and oxygen atoms in total. The number of carbonyl (C=O) groups excluding carboxylic acids is 1. The summed E-state index contributed by atoms with van der Waals surface area (Å²) < 4.78 is 1.41. The zero-order valence-corrected chi connectivity index (χ0v) is 10.8. The van der Waals surface area contributed by atoms with Crippen molar-refractivity contribution in [1.29, 1.82) is 0 Å². The summed E-state index contributed by atoms with van der Waals surface area (Å²) in [4.78, 5) is 22.4. The van der Waals surface area contributed by atoms with Crippen molar-refractivity contribution < 1.29 is 14.7 Å². The Balaban J connectivity index is 2.33. The Morgan fingerprint density at radius 1 is 1.56 bits per heavy atom. The van der Waals surface area contributed by atoms with Gasteiger partial charge in [-0.3, -0.25) is 4.79 Å². The van der Waals surface area contributed by atoms with E-state index in [1.165, 1.54) is 10.6 Å². The lowest BCUT2D eigenvalue weighted by Gasteiger charge is -2.07. The summed E-state index contributed by atoms with van der Waals surface area (Å²) in [7, 11) is 0. The summed E-state index contributed by atoms with van der Waals surface area (Å²) in [6.07, 6.45) is 3.39. The van der Waals surface area contributed by atoms with Gasteiger partial charge in [0.2, 0.25) is 5.91 Å². The van der Waals surface area contributed by atoms with Gasteiger partial charge in [-0.15, -0.1) is 6.58 Å². The molecule has 0 saturated carbocycles. The molecule has 0 aromatic carbocycles. The molecule has 0 unspecified atom stereocenters. The first-order valence-corrected chi connectivity index (χ1v) is 6.64. The zero-order valence-electron chi connectivity index (χ0n) is 9.96. The first-order valence-electron chi connectivity index (χ1n) is 5.49. The van der Waals surface area contributed by atoms with Gasteiger partial charge in [0, 0.05) is 24.2 Å². The van der Waals surface area contributed by atoms with Crippen LogP contribution in [0.4, 0.5) is 0 Å². The highest BCUT2D eigenvalue weighted by atomic mass is 32.2. The number of thioether (sulfide) groups is 1. The highest BCUT2D eigenvalue weighted by Gasteiger charge is 2.10. The third-order valence-electron chi connectivity index (χ3n) is 2.17. The number of nitrogens with zero attached hydrogens (tertiary/aromatic N) is 1. The van der Waals surface area contributed by atoms with Crippen LogP contribution in [0.3, 0.4) is 0 Å². The smallest absolute Gasteiger partial charge is 0.352 e. The standard InChI is InChI=1S/C12H16N2O3S/c1-2-7-18-8-5-13-11(15)9-14-6-3-4-10(14)12(16)17/h2-4,6H,1,5,7-9H2,(H,13,15)(H,16,17). The van der Waals surface area contributed by atoms with Crippen LogP contribution in [0.2, 0.25) is 0 Å². The van der Waals surface area contributed by atoms with Crippen LogP contribution in [0.1, 0.15) is 10.5 Å². The van der Waals surface area contributed by atoms with Gasteiger partial charge in [0.15, 0.2) is 0 Å². The van der Waals surface area contributed by atoms with Crippen LogP contribution in [0.5, 0.6) is 0 Å². The number of carboxylic acids is 1. The SMILES string of the molecule is C=CCSCCNC(=O)Cn1cccc1C(=O)O. The number of carboxylic acid groups (broad SMARTS) is 1. The molecule has 2 N–H and O–H groups in total. The van der Waals surface area contributed by atoms with Gasteiger partial charge in [0.1, 0.15) is 12.2 Å². The largest absolute Gasteiger partial charge is 0.477 e. The van der Waals surface area contributed by atoms with Crippen molar-refractivity contribution in [1.82, 2.24) is 9.88 Å². The summed E-state index contributed by atoms with van der Waals surface area (Å²) in [6, 6.07) is 3.08. The Hall–Kier alpha value is -1.69. The van der Waals surface area contributed by atoms with Gasteiger partial charge in [-0.25, -0.2) is 4.79 Å². The highest BCUT2D eigenvalue weighted by Crippen LogP contribution is 2.02. The van der Waals surface area contributed by atoms with E-state index in [1.54, 1.807) is 24.0 Å². The van der Waals surface area contributed by atoms with E-state index in [1.807, 2.05) is 6.08 Å². The molecular weight excluding hydrogens is 252 g/mol. The fraction of sp³-hybridized carbons (Fsp3) is 0.333. The minimum Gasteiger partial charge on any atom is -0.477 e. The molecule has 0 bridgehead atoms. The van der Waals surface area contributed by atoms with Crippen molar-refractivity contribution in [2.75, 3.05) is 18.1 Å². The second-order valence-corrected chi connectivity index (χ2v) is 4.69. The molecule has 0 atom stereocenters. The molecule has 0 aliphatic rings. The monoisotopic (exact) mass is 268 g/mol. The highest BCUT2D eigenvalue weighted by molar-refractivity contribution is 7.99. The maximum Gasteiger partial charge on any atom is 0.352 e. The summed E-state index contributed by atoms with van der Waals surface area (Å²) in [5.74, 6) is 0.452. The minimum absolute atomic E-state index is 0.0285. The van der Waals surface area contributed by atoms with Gasteiger partial charge in [-0.2, -0.15) is 11.8 Å². The summed E-state index contributed by atoms with van der Waals surface area (Å²) >= 11 is 1.68. The van der Waals surface area contributed by atoms with Gasteiger partial charge in [0.25, 0.3) is 0 Å². The van der Waals surface area contributed by atoms with Crippen LogP contribution in [-0.2, 0) is 11.3 Å². The molecular formula is C12H16N2O3S.